The summed E-state index contributed by atoms with van der Waals surface area (Å²) < 4.78 is 0. The van der Waals surface area contributed by atoms with E-state index in [9.17, 15) is 34.2 Å². The number of nitrogens with two attached hydrogens (primary N) is 2. The smallest absolute Gasteiger partial charge is 0.326 e. The molecule has 0 aliphatic rings. The van der Waals surface area contributed by atoms with Gasteiger partial charge in [-0.05, 0) is 48.1 Å². The molecule has 13 heteroatoms. The number of carbonyl (C=O) groups is 5. The predicted octanol–water partition coefficient (Wildman–Crippen LogP) is 0.447. The molecule has 0 spiro atoms. The summed E-state index contributed by atoms with van der Waals surface area (Å²) in [5, 5.41) is 27.6. The van der Waals surface area contributed by atoms with E-state index in [0.29, 0.717) is 11.1 Å². The second-order valence-corrected chi connectivity index (χ2v) is 10.7. The molecule has 0 saturated carbocycles. The van der Waals surface area contributed by atoms with Crippen molar-refractivity contribution in [2.24, 2.45) is 17.4 Å². The van der Waals surface area contributed by atoms with Gasteiger partial charge in [-0.2, -0.15) is 0 Å². The van der Waals surface area contributed by atoms with Gasteiger partial charge in [0.15, 0.2) is 0 Å². The van der Waals surface area contributed by atoms with Gasteiger partial charge in [-0.3, -0.25) is 19.2 Å². The summed E-state index contributed by atoms with van der Waals surface area (Å²) >= 11 is 0. The number of benzene rings is 2. The number of hydrogen-bond acceptors (Lipinski definition) is 7. The molecule has 3 rings (SSSR count). The lowest BCUT2D eigenvalue weighted by molar-refractivity contribution is -0.143. The van der Waals surface area contributed by atoms with Gasteiger partial charge >= 0.3 is 5.97 Å². The van der Waals surface area contributed by atoms with Crippen LogP contribution in [0.3, 0.4) is 0 Å². The van der Waals surface area contributed by atoms with Crippen molar-refractivity contribution in [3.8, 4) is 5.75 Å². The van der Waals surface area contributed by atoms with Crippen molar-refractivity contribution < 1.29 is 34.2 Å². The Kier molecular flexibility index (Phi) is 11.2. The van der Waals surface area contributed by atoms with Crippen LogP contribution in [-0.2, 0) is 36.8 Å². The Morgan fingerprint density at radius 3 is 2.12 bits per heavy atom. The van der Waals surface area contributed by atoms with Gasteiger partial charge in [-0.15, -0.1) is 0 Å². The van der Waals surface area contributed by atoms with E-state index in [1.54, 1.807) is 32.2 Å². The Morgan fingerprint density at radius 1 is 0.860 bits per heavy atom. The quantitative estimate of drug-likeness (QED) is 0.123. The van der Waals surface area contributed by atoms with Gasteiger partial charge in [-0.25, -0.2) is 4.79 Å². The number of carboxylic acid groups (broad SMARTS) is 1. The molecular formula is C30H38N6O7. The highest BCUT2D eigenvalue weighted by Crippen LogP contribution is 2.20. The van der Waals surface area contributed by atoms with Gasteiger partial charge < -0.3 is 42.6 Å². The molecule has 2 aromatic carbocycles. The number of amides is 4. The summed E-state index contributed by atoms with van der Waals surface area (Å²) in [6.07, 6.45) is 1.41. The van der Waals surface area contributed by atoms with E-state index in [2.05, 4.69) is 20.9 Å². The van der Waals surface area contributed by atoms with Gasteiger partial charge in [0.05, 0.1) is 6.04 Å². The van der Waals surface area contributed by atoms with Crippen molar-refractivity contribution in [3.05, 3.63) is 65.9 Å². The number of H-pyrrole nitrogens is 1. The van der Waals surface area contributed by atoms with E-state index in [1.807, 2.05) is 24.3 Å². The van der Waals surface area contributed by atoms with E-state index < -0.39 is 59.7 Å². The van der Waals surface area contributed by atoms with E-state index >= 15 is 0 Å². The number of hydrogen-bond donors (Lipinski definition) is 8. The van der Waals surface area contributed by atoms with Crippen molar-refractivity contribution >= 4 is 40.5 Å². The lowest BCUT2D eigenvalue weighted by atomic mass is 10.0. The molecule has 43 heavy (non-hydrogen) atoms. The molecular weight excluding hydrogens is 556 g/mol. The zero-order valence-corrected chi connectivity index (χ0v) is 24.0. The third-order valence-corrected chi connectivity index (χ3v) is 7.00. The van der Waals surface area contributed by atoms with Gasteiger partial charge in [0.2, 0.25) is 23.6 Å². The van der Waals surface area contributed by atoms with E-state index in [0.717, 1.165) is 10.9 Å². The molecule has 0 bridgehead atoms. The Labute approximate surface area is 248 Å². The van der Waals surface area contributed by atoms with Gasteiger partial charge in [0.1, 0.15) is 23.9 Å². The molecule has 230 valence electrons. The number of para-hydroxylation sites is 1. The Bertz CT molecular complexity index is 1450. The van der Waals surface area contributed by atoms with Crippen LogP contribution >= 0.6 is 0 Å². The summed E-state index contributed by atoms with van der Waals surface area (Å²) in [6.45, 7) is 3.28. The number of rotatable bonds is 15. The van der Waals surface area contributed by atoms with Crippen LogP contribution in [0.5, 0.6) is 5.75 Å². The number of aromatic nitrogens is 1. The molecule has 0 saturated heterocycles. The lowest BCUT2D eigenvalue weighted by Gasteiger charge is -2.26. The van der Waals surface area contributed by atoms with Crippen LogP contribution in [0.1, 0.15) is 37.8 Å². The minimum Gasteiger partial charge on any atom is -0.508 e. The Hall–Kier alpha value is -4.91. The van der Waals surface area contributed by atoms with Crippen molar-refractivity contribution in [1.82, 2.24) is 20.9 Å². The number of carboxylic acids is 1. The summed E-state index contributed by atoms with van der Waals surface area (Å²) in [5.74, 6) is -4.50. The molecule has 1 aromatic heterocycles. The first-order valence-electron chi connectivity index (χ1n) is 13.9. The van der Waals surface area contributed by atoms with Crippen molar-refractivity contribution in [3.63, 3.8) is 0 Å². The molecule has 13 nitrogen and oxygen atoms in total. The third-order valence-electron chi connectivity index (χ3n) is 7.00. The van der Waals surface area contributed by atoms with Crippen LogP contribution in [0.15, 0.2) is 54.7 Å². The minimum atomic E-state index is -1.27. The number of fused-ring (bicyclic) bond motifs is 1. The maximum absolute atomic E-state index is 13.5. The number of phenols is 1. The zero-order chi connectivity index (χ0) is 31.7. The monoisotopic (exact) mass is 594 g/mol. The van der Waals surface area contributed by atoms with E-state index in [4.69, 9.17) is 11.5 Å². The first-order chi connectivity index (χ1) is 20.3. The maximum Gasteiger partial charge on any atom is 0.326 e. The number of nitrogens with one attached hydrogen (secondary N) is 4. The number of phenolic OH excluding ortho intramolecular Hbond substituents is 1. The van der Waals surface area contributed by atoms with Crippen LogP contribution in [0.25, 0.3) is 10.9 Å². The summed E-state index contributed by atoms with van der Waals surface area (Å²) in [7, 11) is 0. The highest BCUT2D eigenvalue weighted by Gasteiger charge is 2.32. The lowest BCUT2D eigenvalue weighted by Crippen LogP contribution is -2.58. The number of carbonyl (C=O) groups excluding carboxylic acids is 4. The van der Waals surface area contributed by atoms with Crippen LogP contribution in [-0.4, -0.2) is 69.0 Å². The molecule has 4 amide bonds. The normalized spacial score (nSPS) is 14.0. The molecule has 0 fully saturated rings. The number of aromatic hydroxyl groups is 1. The van der Waals surface area contributed by atoms with Crippen LogP contribution in [0.4, 0.5) is 0 Å². The summed E-state index contributed by atoms with van der Waals surface area (Å²) in [6, 6.07) is 8.70. The van der Waals surface area contributed by atoms with Crippen LogP contribution < -0.4 is 27.4 Å². The van der Waals surface area contributed by atoms with Gasteiger partial charge in [0, 0.05) is 29.9 Å². The molecule has 4 unspecified atom stereocenters. The fourth-order valence-electron chi connectivity index (χ4n) is 4.58. The number of aliphatic carboxylic acids is 1. The maximum atomic E-state index is 13.5. The van der Waals surface area contributed by atoms with E-state index in [1.165, 1.54) is 12.1 Å². The Morgan fingerprint density at radius 2 is 1.49 bits per heavy atom. The Balaban J connectivity index is 1.83. The molecule has 0 radical (unpaired) electrons. The average molecular weight is 595 g/mol. The van der Waals surface area contributed by atoms with Crippen LogP contribution in [0.2, 0.25) is 0 Å². The molecule has 4 atom stereocenters. The van der Waals surface area contributed by atoms with Gasteiger partial charge in [0.25, 0.3) is 0 Å². The minimum absolute atomic E-state index is 0.00285. The van der Waals surface area contributed by atoms with Gasteiger partial charge in [-0.1, -0.05) is 44.2 Å². The fraction of sp³-hybridized carbons (Fsp3) is 0.367. The van der Waals surface area contributed by atoms with Crippen molar-refractivity contribution in [2.45, 2.75) is 63.7 Å². The first-order valence-corrected chi connectivity index (χ1v) is 13.9. The largest absolute Gasteiger partial charge is 0.508 e. The number of aromatic amines is 1. The first kappa shape index (κ1) is 32.6. The zero-order valence-electron chi connectivity index (χ0n) is 24.0. The van der Waals surface area contributed by atoms with Crippen LogP contribution in [0, 0.1) is 5.92 Å². The molecule has 0 aliphatic carbocycles. The predicted molar refractivity (Wildman–Crippen MR) is 158 cm³/mol. The molecule has 3 aromatic rings. The highest BCUT2D eigenvalue weighted by molar-refractivity contribution is 5.95. The summed E-state index contributed by atoms with van der Waals surface area (Å²) in [5.41, 5.74) is 13.5. The second-order valence-electron chi connectivity index (χ2n) is 10.7. The van der Waals surface area contributed by atoms with E-state index in [-0.39, 0.29) is 31.4 Å². The fourth-order valence-corrected chi connectivity index (χ4v) is 4.58. The highest BCUT2D eigenvalue weighted by atomic mass is 16.4. The summed E-state index contributed by atoms with van der Waals surface area (Å²) in [4.78, 5) is 66.3. The van der Waals surface area contributed by atoms with Crippen molar-refractivity contribution in [2.75, 3.05) is 0 Å². The molecule has 10 N–H and O–H groups in total. The topological polar surface area (TPSA) is 230 Å². The standard InChI is InChI=1S/C30H38N6O7/c1-16(2)26(30(42)43)36-29(41)24(14-18-15-33-22-6-4-3-5-20(18)22)35-28(40)23(11-12-25(32)38)34-27(39)21(31)13-17-7-9-19(37)10-8-17/h3-10,15-16,21,23-24,26,33,37H,11-14,31H2,1-2H3,(H2,32,38)(H,34,39)(H,35,40)(H,36,41)(H,42,43). The van der Waals surface area contributed by atoms with Crippen molar-refractivity contribution in [1.29, 1.82) is 0 Å². The second kappa shape index (κ2) is 14.8. The molecule has 1 heterocycles. The number of primary amides is 1. The average Bonchev–Trinajstić information content (AvgIpc) is 3.36. The SMILES string of the molecule is CC(C)C(NC(=O)C(Cc1c[nH]c2ccccc12)NC(=O)C(CCC(N)=O)NC(=O)C(N)Cc1ccc(O)cc1)C(=O)O. The third kappa shape index (κ3) is 9.30. The molecule has 0 aliphatic heterocycles.